The Balaban J connectivity index is 1.77. The predicted octanol–water partition coefficient (Wildman–Crippen LogP) is 2.07. The van der Waals surface area contributed by atoms with Gasteiger partial charge in [0.05, 0.1) is 12.0 Å². The van der Waals surface area contributed by atoms with E-state index in [0.717, 1.165) is 37.3 Å². The average Bonchev–Trinajstić information content (AvgIpc) is 3.07. The zero-order valence-corrected chi connectivity index (χ0v) is 13.8. The molecule has 0 unspecified atom stereocenters. The van der Waals surface area contributed by atoms with Crippen LogP contribution in [0.5, 0.6) is 0 Å². The van der Waals surface area contributed by atoms with E-state index in [9.17, 15) is 14.9 Å². The number of ether oxygens (including phenoxy) is 1. The number of nitrogens with two attached hydrogens (primary N) is 1. The van der Waals surface area contributed by atoms with Crippen molar-refractivity contribution in [2.24, 2.45) is 0 Å². The van der Waals surface area contributed by atoms with E-state index < -0.39 is 10.9 Å². The standard InChI is InChI=1S/C16H19N5O4/c1-25-16(22)12-8-11(2-3-14(12)21(23)24)20-6-4-10(5-7-20)13-9-15(17)19-18-13/h2-3,8-10H,4-7H2,1H3,(H3,17,18,19). The van der Waals surface area contributed by atoms with E-state index in [4.69, 9.17) is 5.73 Å². The van der Waals surface area contributed by atoms with Gasteiger partial charge in [0.2, 0.25) is 0 Å². The van der Waals surface area contributed by atoms with Crippen LogP contribution >= 0.6 is 0 Å². The molecule has 0 saturated carbocycles. The largest absolute Gasteiger partial charge is 0.465 e. The Bertz CT molecular complexity index is 796. The van der Waals surface area contributed by atoms with Crippen LogP contribution in [-0.2, 0) is 4.74 Å². The molecule has 0 amide bonds. The molecule has 0 atom stereocenters. The minimum Gasteiger partial charge on any atom is -0.465 e. The van der Waals surface area contributed by atoms with Crippen molar-refractivity contribution >= 4 is 23.2 Å². The highest BCUT2D eigenvalue weighted by Gasteiger charge is 2.26. The fraction of sp³-hybridized carbons (Fsp3) is 0.375. The van der Waals surface area contributed by atoms with Gasteiger partial charge in [-0.3, -0.25) is 15.2 Å². The highest BCUT2D eigenvalue weighted by Crippen LogP contribution is 2.32. The Morgan fingerprint density at radius 3 is 2.68 bits per heavy atom. The van der Waals surface area contributed by atoms with E-state index in [1.807, 2.05) is 6.07 Å². The van der Waals surface area contributed by atoms with Crippen LogP contribution in [-0.4, -0.2) is 41.3 Å². The zero-order valence-electron chi connectivity index (χ0n) is 13.8. The first kappa shape index (κ1) is 16.7. The number of aromatic nitrogens is 2. The lowest BCUT2D eigenvalue weighted by molar-refractivity contribution is -0.385. The number of hydrogen-bond donors (Lipinski definition) is 2. The second kappa shape index (κ2) is 6.80. The molecule has 2 heterocycles. The smallest absolute Gasteiger partial charge is 0.344 e. The maximum atomic E-state index is 11.8. The zero-order chi connectivity index (χ0) is 18.0. The molecule has 9 nitrogen and oxygen atoms in total. The number of hydrogen-bond acceptors (Lipinski definition) is 7. The van der Waals surface area contributed by atoms with Crippen molar-refractivity contribution < 1.29 is 14.5 Å². The number of nitro groups is 1. The molecule has 1 aromatic carbocycles. The Hall–Kier alpha value is -3.10. The highest BCUT2D eigenvalue weighted by atomic mass is 16.6. The Morgan fingerprint density at radius 2 is 2.12 bits per heavy atom. The summed E-state index contributed by atoms with van der Waals surface area (Å²) in [7, 11) is 1.21. The van der Waals surface area contributed by atoms with Crippen LogP contribution in [0.15, 0.2) is 24.3 Å². The summed E-state index contributed by atoms with van der Waals surface area (Å²) < 4.78 is 4.66. The summed E-state index contributed by atoms with van der Waals surface area (Å²) >= 11 is 0. The number of benzene rings is 1. The molecule has 0 radical (unpaired) electrons. The van der Waals surface area contributed by atoms with Gasteiger partial charge in [0, 0.05) is 42.5 Å². The van der Waals surface area contributed by atoms with E-state index in [-0.39, 0.29) is 11.3 Å². The summed E-state index contributed by atoms with van der Waals surface area (Å²) in [5.41, 5.74) is 7.16. The summed E-state index contributed by atoms with van der Waals surface area (Å²) in [5.74, 6) is 0.117. The number of carbonyl (C=O) groups excluding carboxylic acids is 1. The van der Waals surface area contributed by atoms with E-state index in [2.05, 4.69) is 19.8 Å². The van der Waals surface area contributed by atoms with Gasteiger partial charge in [-0.15, -0.1) is 0 Å². The van der Waals surface area contributed by atoms with Crippen molar-refractivity contribution in [2.45, 2.75) is 18.8 Å². The molecule has 2 aromatic rings. The van der Waals surface area contributed by atoms with E-state index >= 15 is 0 Å². The Labute approximate surface area is 143 Å². The molecule has 1 aliphatic heterocycles. The normalized spacial score (nSPS) is 15.2. The van der Waals surface area contributed by atoms with Crippen molar-refractivity contribution in [3.63, 3.8) is 0 Å². The molecule has 1 aromatic heterocycles. The van der Waals surface area contributed by atoms with Gasteiger partial charge in [0.1, 0.15) is 11.4 Å². The molecular formula is C16H19N5O4. The number of nitrogen functional groups attached to an aromatic ring is 1. The number of piperidine rings is 1. The van der Waals surface area contributed by atoms with Gasteiger partial charge < -0.3 is 15.4 Å². The molecule has 1 saturated heterocycles. The van der Waals surface area contributed by atoms with Crippen LogP contribution < -0.4 is 10.6 Å². The fourth-order valence-electron chi connectivity index (χ4n) is 3.16. The molecular weight excluding hydrogens is 326 g/mol. The number of esters is 1. The number of nitrogens with zero attached hydrogens (tertiary/aromatic N) is 3. The van der Waals surface area contributed by atoms with Gasteiger partial charge >= 0.3 is 5.97 Å². The van der Waals surface area contributed by atoms with Gasteiger partial charge in [0.25, 0.3) is 5.69 Å². The minimum absolute atomic E-state index is 0.0338. The summed E-state index contributed by atoms with van der Waals surface area (Å²) in [6.07, 6.45) is 1.79. The van der Waals surface area contributed by atoms with Crippen molar-refractivity contribution in [1.29, 1.82) is 0 Å². The summed E-state index contributed by atoms with van der Waals surface area (Å²) in [4.78, 5) is 24.5. The average molecular weight is 345 g/mol. The lowest BCUT2D eigenvalue weighted by Crippen LogP contribution is -2.33. The monoisotopic (exact) mass is 345 g/mol. The van der Waals surface area contributed by atoms with Crippen molar-refractivity contribution in [2.75, 3.05) is 30.8 Å². The molecule has 0 bridgehead atoms. The third-order valence-corrected chi connectivity index (χ3v) is 4.50. The lowest BCUT2D eigenvalue weighted by atomic mass is 9.93. The van der Waals surface area contributed by atoms with Crippen molar-refractivity contribution in [1.82, 2.24) is 10.2 Å². The number of nitrogens with one attached hydrogen (secondary N) is 1. The second-order valence-corrected chi connectivity index (χ2v) is 5.96. The highest BCUT2D eigenvalue weighted by molar-refractivity contribution is 5.95. The fourth-order valence-corrected chi connectivity index (χ4v) is 3.16. The third kappa shape index (κ3) is 3.39. The SMILES string of the molecule is COC(=O)c1cc(N2CCC(c3cc(N)n[nH]3)CC2)ccc1[N+](=O)[O-]. The predicted molar refractivity (Wildman–Crippen MR) is 91.6 cm³/mol. The first-order chi connectivity index (χ1) is 12.0. The van der Waals surface area contributed by atoms with E-state index in [1.54, 1.807) is 6.07 Å². The number of carbonyl (C=O) groups is 1. The molecule has 1 aliphatic rings. The van der Waals surface area contributed by atoms with Crippen LogP contribution in [0.3, 0.4) is 0 Å². The topological polar surface area (TPSA) is 127 Å². The number of anilines is 2. The maximum Gasteiger partial charge on any atom is 0.344 e. The Morgan fingerprint density at radius 1 is 1.40 bits per heavy atom. The van der Waals surface area contributed by atoms with Crippen LogP contribution in [0.1, 0.15) is 34.8 Å². The second-order valence-electron chi connectivity index (χ2n) is 5.96. The van der Waals surface area contributed by atoms with E-state index in [1.165, 1.54) is 19.2 Å². The van der Waals surface area contributed by atoms with Crippen molar-refractivity contribution in [3.05, 3.63) is 45.6 Å². The molecule has 3 rings (SSSR count). The molecule has 1 fully saturated rings. The van der Waals surface area contributed by atoms with Gasteiger partial charge in [-0.25, -0.2) is 4.79 Å². The number of H-pyrrole nitrogens is 1. The van der Waals surface area contributed by atoms with Gasteiger partial charge in [-0.1, -0.05) is 0 Å². The molecule has 132 valence electrons. The molecule has 3 N–H and O–H groups in total. The van der Waals surface area contributed by atoms with Crippen molar-refractivity contribution in [3.8, 4) is 0 Å². The molecule has 9 heteroatoms. The van der Waals surface area contributed by atoms with Crippen LogP contribution in [0.4, 0.5) is 17.2 Å². The Kier molecular flexibility index (Phi) is 4.55. The quantitative estimate of drug-likeness (QED) is 0.493. The van der Waals surface area contributed by atoms with Crippen LogP contribution in [0.2, 0.25) is 0 Å². The summed E-state index contributed by atoms with van der Waals surface area (Å²) in [5, 5.41) is 18.0. The summed E-state index contributed by atoms with van der Waals surface area (Å²) in [6.45, 7) is 1.53. The van der Waals surface area contributed by atoms with Crippen LogP contribution in [0.25, 0.3) is 0 Å². The maximum absolute atomic E-state index is 11.8. The number of methoxy groups -OCH3 is 1. The molecule has 0 aliphatic carbocycles. The van der Waals surface area contributed by atoms with Gasteiger partial charge in [0.15, 0.2) is 0 Å². The van der Waals surface area contributed by atoms with Gasteiger partial charge in [-0.2, -0.15) is 5.10 Å². The first-order valence-electron chi connectivity index (χ1n) is 7.92. The molecule has 25 heavy (non-hydrogen) atoms. The van der Waals surface area contributed by atoms with Crippen LogP contribution in [0, 0.1) is 10.1 Å². The number of aromatic amines is 1. The third-order valence-electron chi connectivity index (χ3n) is 4.50. The first-order valence-corrected chi connectivity index (χ1v) is 7.92. The summed E-state index contributed by atoms with van der Waals surface area (Å²) in [6, 6.07) is 6.39. The number of nitro benzene ring substituents is 1. The minimum atomic E-state index is -0.712. The van der Waals surface area contributed by atoms with E-state index in [0.29, 0.717) is 11.7 Å². The molecule has 0 spiro atoms. The van der Waals surface area contributed by atoms with Gasteiger partial charge in [-0.05, 0) is 25.0 Å². The number of rotatable bonds is 4. The lowest BCUT2D eigenvalue weighted by Gasteiger charge is -2.33.